The Labute approximate surface area is 271 Å². The van der Waals surface area contributed by atoms with Crippen LogP contribution in [0.2, 0.25) is 49.9 Å². The summed E-state index contributed by atoms with van der Waals surface area (Å²) in [4.78, 5) is 18.6. The molecule has 0 saturated heterocycles. The van der Waals surface area contributed by atoms with Crippen LogP contribution in [0.5, 0.6) is 5.75 Å². The van der Waals surface area contributed by atoms with Gasteiger partial charge in [-0.1, -0.05) is 137 Å². The van der Waals surface area contributed by atoms with Crippen molar-refractivity contribution in [2.45, 2.75) is 187 Å². The van der Waals surface area contributed by atoms with E-state index in [4.69, 9.17) is 8.85 Å². The molecule has 250 valence electrons. The fourth-order valence-electron chi connectivity index (χ4n) is 9.08. The Morgan fingerprint density at radius 3 is 1.21 bits per heavy atom. The Bertz CT molecular complexity index is 919. The third kappa shape index (κ3) is 8.48. The minimum Gasteiger partial charge on any atom is -0.543 e. The van der Waals surface area contributed by atoms with Gasteiger partial charge < -0.3 is 13.8 Å². The summed E-state index contributed by atoms with van der Waals surface area (Å²) >= 11 is 0. The molecule has 0 bridgehead atoms. The quantitative estimate of drug-likeness (QED) is 0.171. The van der Waals surface area contributed by atoms with Crippen LogP contribution in [0.4, 0.5) is 0 Å². The number of carbonyl (C=O) groups excluding carboxylic acids is 1. The minimum atomic E-state index is -2.39. The van der Waals surface area contributed by atoms with Gasteiger partial charge in [0, 0.05) is 0 Å². The fourth-order valence-corrected chi connectivity index (χ4v) is 25.4. The number of hydrogen-bond acceptors (Lipinski definition) is 4. The molecule has 0 unspecified atom stereocenters. The SMILES string of the molecule is CC(C)[Si](N[C@@H](Cc1ccc(O[Si](C(C)C)(C(C)C)C(C)C)cc1)C(=O)O[Si](C(C)C)(C(C)C)C(C)C)(C(C)C)C(C)C. The first kappa shape index (κ1) is 40.1. The zero-order valence-electron chi connectivity index (χ0n) is 31.5. The van der Waals surface area contributed by atoms with Crippen LogP contribution in [-0.4, -0.2) is 36.9 Å². The van der Waals surface area contributed by atoms with E-state index in [2.05, 4.69) is 154 Å². The van der Waals surface area contributed by atoms with E-state index in [9.17, 15) is 4.79 Å². The van der Waals surface area contributed by atoms with Crippen molar-refractivity contribution in [2.75, 3.05) is 0 Å². The van der Waals surface area contributed by atoms with Gasteiger partial charge in [0.05, 0.1) is 0 Å². The van der Waals surface area contributed by atoms with Crippen molar-refractivity contribution in [2.24, 2.45) is 0 Å². The highest BCUT2D eigenvalue weighted by molar-refractivity contribution is 6.82. The lowest BCUT2D eigenvalue weighted by molar-refractivity contribution is -0.137. The maximum absolute atomic E-state index is 14.5. The van der Waals surface area contributed by atoms with Crippen molar-refractivity contribution in [1.29, 1.82) is 0 Å². The van der Waals surface area contributed by atoms with Crippen LogP contribution in [0.1, 0.15) is 130 Å². The van der Waals surface area contributed by atoms with Crippen LogP contribution in [0, 0.1) is 0 Å². The Morgan fingerprint density at radius 1 is 0.558 bits per heavy atom. The lowest BCUT2D eigenvalue weighted by atomic mass is 10.1. The molecule has 1 N–H and O–H groups in total. The number of benzene rings is 1. The number of nitrogens with one attached hydrogen (secondary N) is 1. The van der Waals surface area contributed by atoms with Crippen molar-refractivity contribution < 1.29 is 13.6 Å². The molecule has 1 aromatic carbocycles. The van der Waals surface area contributed by atoms with Crippen molar-refractivity contribution in [3.8, 4) is 5.75 Å². The lowest BCUT2D eigenvalue weighted by Crippen LogP contribution is -2.64. The Balaban J connectivity index is 3.61. The van der Waals surface area contributed by atoms with Gasteiger partial charge in [-0.2, -0.15) is 0 Å². The molecular formula is C36H71NO3Si3. The first-order valence-corrected chi connectivity index (χ1v) is 23.9. The molecule has 43 heavy (non-hydrogen) atoms. The molecule has 0 aliphatic heterocycles. The van der Waals surface area contributed by atoms with Crippen LogP contribution in [0.3, 0.4) is 0 Å². The summed E-state index contributed by atoms with van der Waals surface area (Å²) in [6.45, 7) is 41.5. The van der Waals surface area contributed by atoms with Crippen molar-refractivity contribution in [1.82, 2.24) is 4.98 Å². The van der Waals surface area contributed by atoms with Crippen molar-refractivity contribution in [3.05, 3.63) is 29.8 Å². The molecule has 7 heteroatoms. The molecule has 0 radical (unpaired) electrons. The van der Waals surface area contributed by atoms with E-state index in [0.29, 0.717) is 56.3 Å². The smallest absolute Gasteiger partial charge is 0.309 e. The summed E-state index contributed by atoms with van der Waals surface area (Å²) < 4.78 is 13.8. The average molecular weight is 650 g/mol. The highest BCUT2D eigenvalue weighted by Gasteiger charge is 2.51. The number of rotatable bonds is 17. The molecule has 0 heterocycles. The molecule has 1 rings (SSSR count). The van der Waals surface area contributed by atoms with E-state index >= 15 is 0 Å². The van der Waals surface area contributed by atoms with Crippen LogP contribution in [0.25, 0.3) is 0 Å². The molecule has 0 aliphatic rings. The van der Waals surface area contributed by atoms with Gasteiger partial charge in [-0.3, -0.25) is 4.79 Å². The molecule has 1 aromatic rings. The summed E-state index contributed by atoms with van der Waals surface area (Å²) in [6.07, 6.45) is 0.625. The van der Waals surface area contributed by atoms with Crippen molar-refractivity contribution in [3.63, 3.8) is 0 Å². The van der Waals surface area contributed by atoms with Gasteiger partial charge in [0.2, 0.25) is 0 Å². The molecule has 0 saturated carbocycles. The van der Waals surface area contributed by atoms with Crippen molar-refractivity contribution >= 4 is 30.8 Å². The second kappa shape index (κ2) is 16.1. The Hall–Kier alpha value is -0.899. The van der Waals surface area contributed by atoms with Gasteiger partial charge in [0.15, 0.2) is 0 Å². The van der Waals surface area contributed by atoms with E-state index in [1.807, 2.05) is 0 Å². The Morgan fingerprint density at radius 2 is 0.907 bits per heavy atom. The third-order valence-corrected chi connectivity index (χ3v) is 29.5. The first-order valence-electron chi connectivity index (χ1n) is 17.4. The summed E-state index contributed by atoms with van der Waals surface area (Å²) in [6, 6.07) is 8.27. The maximum atomic E-state index is 14.5. The summed E-state index contributed by atoms with van der Waals surface area (Å²) in [7, 11) is -6.53. The van der Waals surface area contributed by atoms with Crippen LogP contribution >= 0.6 is 0 Å². The van der Waals surface area contributed by atoms with Gasteiger partial charge in [-0.05, 0) is 74.0 Å². The first-order chi connectivity index (χ1) is 19.6. The van der Waals surface area contributed by atoms with Gasteiger partial charge in [-0.25, -0.2) is 0 Å². The van der Waals surface area contributed by atoms with E-state index in [-0.39, 0.29) is 12.0 Å². The number of hydrogen-bond donors (Lipinski definition) is 1. The van der Waals surface area contributed by atoms with Gasteiger partial charge in [0.25, 0.3) is 16.6 Å². The molecule has 0 amide bonds. The largest absolute Gasteiger partial charge is 0.543 e. The average Bonchev–Trinajstić information content (AvgIpc) is 2.86. The van der Waals surface area contributed by atoms with Gasteiger partial charge in [0.1, 0.15) is 20.0 Å². The summed E-state index contributed by atoms with van der Waals surface area (Å²) in [5.41, 5.74) is 5.22. The van der Waals surface area contributed by atoms with E-state index in [1.165, 1.54) is 0 Å². The summed E-state index contributed by atoms with van der Waals surface area (Å²) in [5.74, 6) is 0.910. The molecule has 1 atom stereocenters. The predicted molar refractivity (Wildman–Crippen MR) is 197 cm³/mol. The third-order valence-electron chi connectivity index (χ3n) is 10.9. The highest BCUT2D eigenvalue weighted by Crippen LogP contribution is 2.45. The monoisotopic (exact) mass is 649 g/mol. The maximum Gasteiger partial charge on any atom is 0.309 e. The predicted octanol–water partition coefficient (Wildman–Crippen LogP) is 11.6. The van der Waals surface area contributed by atoms with E-state index in [1.54, 1.807) is 0 Å². The normalized spacial score (nSPS) is 14.5. The standard InChI is InChI=1S/C36H71NO3Si3/c1-24(2)41(25(3)4,26(5)6)37-35(36(38)40-43(30(13)14,31(15)16)32(17)18)23-33-19-21-34(22-20-33)39-42(27(7)8,28(9)10)29(11)12/h19-22,24-32,35,37H,23H2,1-18H3/t35-/m0/s1. The highest BCUT2D eigenvalue weighted by atomic mass is 28.4. The van der Waals surface area contributed by atoms with Crippen LogP contribution in [0.15, 0.2) is 24.3 Å². The summed E-state index contributed by atoms with van der Waals surface area (Å²) in [5, 5.41) is 0. The van der Waals surface area contributed by atoms with E-state index < -0.39 is 24.9 Å². The fraction of sp³-hybridized carbons (Fsp3) is 0.806. The molecule has 0 fully saturated rings. The molecule has 0 aromatic heterocycles. The topological polar surface area (TPSA) is 47.6 Å². The molecule has 0 aliphatic carbocycles. The number of carbonyl (C=O) groups is 1. The van der Waals surface area contributed by atoms with Crippen LogP contribution in [-0.2, 0) is 15.6 Å². The minimum absolute atomic E-state index is 0.0484. The molecule has 4 nitrogen and oxygen atoms in total. The Kier molecular flexibility index (Phi) is 15.0. The second-order valence-electron chi connectivity index (χ2n) is 16.1. The lowest BCUT2D eigenvalue weighted by Gasteiger charge is -2.47. The molecular weight excluding hydrogens is 579 g/mol. The van der Waals surface area contributed by atoms with Crippen LogP contribution < -0.4 is 9.41 Å². The molecule has 0 spiro atoms. The zero-order chi connectivity index (χ0) is 33.7. The zero-order valence-corrected chi connectivity index (χ0v) is 34.5. The van der Waals surface area contributed by atoms with Gasteiger partial charge in [-0.15, -0.1) is 0 Å². The van der Waals surface area contributed by atoms with E-state index in [0.717, 1.165) is 11.3 Å². The van der Waals surface area contributed by atoms with Gasteiger partial charge >= 0.3 is 5.97 Å². The second-order valence-corrected chi connectivity index (χ2v) is 32.5.